The molecule has 2 N–H and O–H groups in total. The first kappa shape index (κ1) is 24.5. The summed E-state index contributed by atoms with van der Waals surface area (Å²) in [4.78, 5) is 25.9. The number of halogens is 1. The number of aromatic nitrogens is 4. The van der Waals surface area contributed by atoms with Crippen molar-refractivity contribution < 1.29 is 4.79 Å². The molecule has 3 aliphatic heterocycles. The van der Waals surface area contributed by atoms with Crippen LogP contribution in [0.25, 0.3) is 0 Å². The molecule has 1 amide bonds. The Hall–Kier alpha value is -2.20. The Labute approximate surface area is 216 Å². The van der Waals surface area contributed by atoms with Gasteiger partial charge in [0.25, 0.3) is 0 Å². The summed E-state index contributed by atoms with van der Waals surface area (Å²) in [6, 6.07) is 1.82. The molecule has 190 valence electrons. The molecule has 0 radical (unpaired) electrons. The number of nitrogens with zero attached hydrogens (tertiary/aromatic N) is 6. The maximum absolute atomic E-state index is 12.2. The Kier molecular flexibility index (Phi) is 7.57. The van der Waals surface area contributed by atoms with Gasteiger partial charge in [-0.15, -0.1) is 0 Å². The molecular formula is C25H37BrN8O. The first-order valence-corrected chi connectivity index (χ1v) is 13.9. The van der Waals surface area contributed by atoms with Gasteiger partial charge in [0.05, 0.1) is 21.9 Å². The number of hydrogen-bond donors (Lipinski definition) is 2. The fourth-order valence-corrected chi connectivity index (χ4v) is 6.14. The van der Waals surface area contributed by atoms with Gasteiger partial charge in [-0.2, -0.15) is 10.1 Å². The summed E-state index contributed by atoms with van der Waals surface area (Å²) in [5, 5.41) is 11.6. The van der Waals surface area contributed by atoms with Crippen molar-refractivity contribution in [1.82, 2.24) is 29.5 Å². The van der Waals surface area contributed by atoms with Crippen LogP contribution in [-0.4, -0.2) is 74.2 Å². The molecule has 3 fully saturated rings. The molecule has 2 unspecified atom stereocenters. The maximum atomic E-state index is 12.2. The number of carbonyl (C=O) groups excluding carboxylic acids is 1. The van der Waals surface area contributed by atoms with Crippen LogP contribution < -0.4 is 10.6 Å². The molecule has 3 saturated heterocycles. The van der Waals surface area contributed by atoms with Crippen molar-refractivity contribution in [3.63, 3.8) is 0 Å². The molecular weight excluding hydrogens is 508 g/mol. The predicted molar refractivity (Wildman–Crippen MR) is 141 cm³/mol. The zero-order chi connectivity index (χ0) is 24.4. The molecule has 2 bridgehead atoms. The minimum absolute atomic E-state index is 0.293. The van der Waals surface area contributed by atoms with Gasteiger partial charge in [0.1, 0.15) is 5.82 Å². The van der Waals surface area contributed by atoms with E-state index in [4.69, 9.17) is 5.10 Å². The van der Waals surface area contributed by atoms with E-state index in [1.807, 2.05) is 11.8 Å². The van der Waals surface area contributed by atoms with E-state index >= 15 is 0 Å². The lowest BCUT2D eigenvalue weighted by atomic mass is 9.98. The number of carbonyl (C=O) groups is 1. The van der Waals surface area contributed by atoms with E-state index < -0.39 is 0 Å². The SMILES string of the molecule is Cc1nn(C2CC3CCC(C2)N3C)cc1Nc1ncc(Br)c(NCCCN2CCCCCC2=O)n1. The fourth-order valence-electron chi connectivity index (χ4n) is 5.81. The number of hydrogen-bond acceptors (Lipinski definition) is 7. The lowest BCUT2D eigenvalue weighted by Gasteiger charge is -2.36. The number of likely N-dealkylation sites (tertiary alicyclic amines) is 1. The fraction of sp³-hybridized carbons (Fsp3) is 0.680. The Bertz CT molecular complexity index is 1030. The quantitative estimate of drug-likeness (QED) is 0.473. The molecule has 35 heavy (non-hydrogen) atoms. The molecule has 10 heteroatoms. The number of rotatable bonds is 8. The first-order chi connectivity index (χ1) is 17.0. The third-order valence-corrected chi connectivity index (χ3v) is 8.50. The maximum Gasteiger partial charge on any atom is 0.229 e. The molecule has 5 heterocycles. The van der Waals surface area contributed by atoms with Crippen molar-refractivity contribution in [2.75, 3.05) is 37.3 Å². The highest BCUT2D eigenvalue weighted by atomic mass is 79.9. The normalized spacial score (nSPS) is 25.1. The second-order valence-electron chi connectivity index (χ2n) is 10.3. The molecule has 9 nitrogen and oxygen atoms in total. The standard InChI is InChI=1S/C25H37BrN8O/c1-17-22(16-34(31-17)20-13-18-8-9-19(14-20)32(18)2)29-25-28-15-21(26)24(30-25)27-10-6-12-33-11-5-3-4-7-23(33)35/h15-16,18-20H,3-14H2,1-2H3,(H2,27,28,29,30). The number of piperidine rings is 1. The van der Waals surface area contributed by atoms with Gasteiger partial charge in [0, 0.05) is 50.5 Å². The largest absolute Gasteiger partial charge is 0.369 e. The van der Waals surface area contributed by atoms with Crippen LogP contribution in [0.3, 0.4) is 0 Å². The lowest BCUT2D eigenvalue weighted by molar-refractivity contribution is -0.130. The van der Waals surface area contributed by atoms with Crippen LogP contribution in [-0.2, 0) is 4.79 Å². The van der Waals surface area contributed by atoms with Crippen LogP contribution in [0.4, 0.5) is 17.5 Å². The molecule has 5 rings (SSSR count). The van der Waals surface area contributed by atoms with Crippen LogP contribution in [0.5, 0.6) is 0 Å². The highest BCUT2D eigenvalue weighted by Crippen LogP contribution is 2.40. The minimum Gasteiger partial charge on any atom is -0.369 e. The molecule has 2 aromatic heterocycles. The molecule has 2 aromatic rings. The summed E-state index contributed by atoms with van der Waals surface area (Å²) in [5.74, 6) is 1.59. The van der Waals surface area contributed by atoms with Crippen LogP contribution in [0, 0.1) is 6.92 Å². The zero-order valence-electron chi connectivity index (χ0n) is 20.8. The van der Waals surface area contributed by atoms with Gasteiger partial charge < -0.3 is 20.4 Å². The summed E-state index contributed by atoms with van der Waals surface area (Å²) in [6.07, 6.45) is 13.7. The van der Waals surface area contributed by atoms with Gasteiger partial charge in [-0.25, -0.2) is 4.98 Å². The minimum atomic E-state index is 0.293. The monoisotopic (exact) mass is 544 g/mol. The molecule has 0 saturated carbocycles. The third kappa shape index (κ3) is 5.63. The molecule has 0 aliphatic carbocycles. The topological polar surface area (TPSA) is 91.2 Å². The van der Waals surface area contributed by atoms with E-state index in [0.717, 1.165) is 67.0 Å². The number of anilines is 3. The first-order valence-electron chi connectivity index (χ1n) is 13.1. The Morgan fingerprint density at radius 2 is 1.94 bits per heavy atom. The van der Waals surface area contributed by atoms with Gasteiger partial charge in [0.2, 0.25) is 11.9 Å². The van der Waals surface area contributed by atoms with Crippen LogP contribution >= 0.6 is 15.9 Å². The summed E-state index contributed by atoms with van der Waals surface area (Å²) in [6.45, 7) is 4.45. The Balaban J connectivity index is 1.17. The van der Waals surface area contributed by atoms with Crippen LogP contribution in [0.2, 0.25) is 0 Å². The highest BCUT2D eigenvalue weighted by molar-refractivity contribution is 9.10. The average molecular weight is 546 g/mol. The highest BCUT2D eigenvalue weighted by Gasteiger charge is 2.39. The average Bonchev–Trinajstić information content (AvgIpc) is 3.18. The van der Waals surface area contributed by atoms with Crippen LogP contribution in [0.1, 0.15) is 69.5 Å². The van der Waals surface area contributed by atoms with E-state index in [9.17, 15) is 4.79 Å². The number of amides is 1. The lowest BCUT2D eigenvalue weighted by Crippen LogP contribution is -2.40. The van der Waals surface area contributed by atoms with E-state index in [-0.39, 0.29) is 0 Å². The van der Waals surface area contributed by atoms with E-state index in [0.29, 0.717) is 36.4 Å². The second-order valence-corrected chi connectivity index (χ2v) is 11.1. The van der Waals surface area contributed by atoms with Gasteiger partial charge in [-0.1, -0.05) is 6.42 Å². The van der Waals surface area contributed by atoms with E-state index in [1.54, 1.807) is 6.20 Å². The molecule has 2 atom stereocenters. The molecule has 3 aliphatic rings. The van der Waals surface area contributed by atoms with E-state index in [2.05, 4.69) is 59.4 Å². The number of nitrogens with one attached hydrogen (secondary N) is 2. The van der Waals surface area contributed by atoms with Gasteiger partial charge in [-0.3, -0.25) is 9.48 Å². The van der Waals surface area contributed by atoms with Gasteiger partial charge in [-0.05, 0) is 74.8 Å². The zero-order valence-corrected chi connectivity index (χ0v) is 22.4. The van der Waals surface area contributed by atoms with Crippen LogP contribution in [0.15, 0.2) is 16.9 Å². The Morgan fingerprint density at radius 1 is 1.14 bits per heavy atom. The summed E-state index contributed by atoms with van der Waals surface area (Å²) >= 11 is 3.56. The predicted octanol–water partition coefficient (Wildman–Crippen LogP) is 4.49. The summed E-state index contributed by atoms with van der Waals surface area (Å²) < 4.78 is 2.97. The van der Waals surface area contributed by atoms with E-state index in [1.165, 1.54) is 25.7 Å². The Morgan fingerprint density at radius 3 is 2.74 bits per heavy atom. The third-order valence-electron chi connectivity index (χ3n) is 7.92. The van der Waals surface area contributed by atoms with Crippen molar-refractivity contribution in [2.45, 2.75) is 82.8 Å². The van der Waals surface area contributed by atoms with Crippen molar-refractivity contribution in [2.24, 2.45) is 0 Å². The molecule has 0 spiro atoms. The van der Waals surface area contributed by atoms with Crippen molar-refractivity contribution in [3.05, 3.63) is 22.6 Å². The van der Waals surface area contributed by atoms with Crippen molar-refractivity contribution in [1.29, 1.82) is 0 Å². The smallest absolute Gasteiger partial charge is 0.229 e. The van der Waals surface area contributed by atoms with Gasteiger partial charge in [0.15, 0.2) is 0 Å². The number of aryl methyl sites for hydroxylation is 1. The van der Waals surface area contributed by atoms with Gasteiger partial charge >= 0.3 is 0 Å². The summed E-state index contributed by atoms with van der Waals surface area (Å²) in [5.41, 5.74) is 1.91. The summed E-state index contributed by atoms with van der Waals surface area (Å²) in [7, 11) is 2.27. The second kappa shape index (κ2) is 10.8. The molecule has 0 aromatic carbocycles. The van der Waals surface area contributed by atoms with Crippen molar-refractivity contribution >= 4 is 39.3 Å². The number of fused-ring (bicyclic) bond motifs is 2. The van der Waals surface area contributed by atoms with Crippen molar-refractivity contribution in [3.8, 4) is 0 Å².